The lowest BCUT2D eigenvalue weighted by molar-refractivity contribution is 0.0697. The van der Waals surface area contributed by atoms with Gasteiger partial charge in [-0.1, -0.05) is 67.4 Å². The SMILES string of the molecule is CCCCN(Cc1ccccc1)c1ccc(NS(=O)(=O)c2ccccc2Cl)cc1C(=O)O. The third kappa shape index (κ3) is 5.81. The molecule has 0 atom stereocenters. The summed E-state index contributed by atoms with van der Waals surface area (Å²) in [5, 5.41) is 9.95. The van der Waals surface area contributed by atoms with Crippen LogP contribution in [0, 0.1) is 0 Å². The number of benzene rings is 3. The molecule has 6 nitrogen and oxygen atoms in total. The van der Waals surface area contributed by atoms with Crippen molar-refractivity contribution in [1.82, 2.24) is 0 Å². The number of aromatic carboxylic acids is 1. The number of sulfonamides is 1. The van der Waals surface area contributed by atoms with E-state index < -0.39 is 16.0 Å². The molecule has 0 amide bonds. The van der Waals surface area contributed by atoms with Crippen molar-refractivity contribution in [3.05, 3.63) is 88.9 Å². The summed E-state index contributed by atoms with van der Waals surface area (Å²) in [4.78, 5) is 14.0. The third-order valence-corrected chi connectivity index (χ3v) is 6.82. The van der Waals surface area contributed by atoms with Gasteiger partial charge in [0.1, 0.15) is 4.90 Å². The maximum atomic E-state index is 12.8. The standard InChI is InChI=1S/C24H25ClN2O4S/c1-2-3-15-27(17-18-9-5-4-6-10-18)22-14-13-19(16-20(22)24(28)29)26-32(30,31)23-12-8-7-11-21(23)25/h4-14,16,26H,2-3,15,17H2,1H3,(H,28,29). The van der Waals surface area contributed by atoms with Gasteiger partial charge in [-0.2, -0.15) is 0 Å². The first-order chi connectivity index (χ1) is 15.3. The highest BCUT2D eigenvalue weighted by molar-refractivity contribution is 7.92. The van der Waals surface area contributed by atoms with E-state index in [1.54, 1.807) is 24.3 Å². The van der Waals surface area contributed by atoms with E-state index in [2.05, 4.69) is 11.6 Å². The second-order valence-corrected chi connectivity index (χ2v) is 9.39. The molecule has 0 unspecified atom stereocenters. The smallest absolute Gasteiger partial charge is 0.337 e. The van der Waals surface area contributed by atoms with Gasteiger partial charge in [-0.25, -0.2) is 13.2 Å². The van der Waals surface area contributed by atoms with Crippen LogP contribution in [-0.2, 0) is 16.6 Å². The Kier molecular flexibility index (Phi) is 7.77. The van der Waals surface area contributed by atoms with Crippen LogP contribution in [0.1, 0.15) is 35.7 Å². The van der Waals surface area contributed by atoms with Gasteiger partial charge >= 0.3 is 5.97 Å². The lowest BCUT2D eigenvalue weighted by atomic mass is 10.1. The van der Waals surface area contributed by atoms with E-state index >= 15 is 0 Å². The summed E-state index contributed by atoms with van der Waals surface area (Å²) in [5.74, 6) is -1.13. The lowest BCUT2D eigenvalue weighted by Crippen LogP contribution is -2.26. The molecule has 0 saturated heterocycles. The minimum absolute atomic E-state index is 0.0244. The summed E-state index contributed by atoms with van der Waals surface area (Å²) in [7, 11) is -3.97. The number of carbonyl (C=O) groups is 1. The van der Waals surface area contributed by atoms with Crippen LogP contribution in [0.2, 0.25) is 5.02 Å². The second kappa shape index (κ2) is 10.5. The Labute approximate surface area is 193 Å². The fraction of sp³-hybridized carbons (Fsp3) is 0.208. The number of rotatable bonds is 10. The molecule has 168 valence electrons. The minimum atomic E-state index is -3.97. The maximum absolute atomic E-state index is 12.8. The van der Waals surface area contributed by atoms with Crippen molar-refractivity contribution in [2.75, 3.05) is 16.2 Å². The second-order valence-electron chi connectivity index (χ2n) is 7.33. The number of hydrogen-bond acceptors (Lipinski definition) is 4. The molecule has 2 N–H and O–H groups in total. The van der Waals surface area contributed by atoms with Crippen molar-refractivity contribution in [3.63, 3.8) is 0 Å². The number of nitrogens with zero attached hydrogens (tertiary/aromatic N) is 1. The van der Waals surface area contributed by atoms with Crippen LogP contribution in [-0.4, -0.2) is 26.0 Å². The number of unbranched alkanes of at least 4 members (excludes halogenated alkanes) is 1. The van der Waals surface area contributed by atoms with Crippen molar-refractivity contribution in [3.8, 4) is 0 Å². The average Bonchev–Trinajstić information content (AvgIpc) is 2.77. The number of halogens is 1. The first-order valence-corrected chi connectivity index (χ1v) is 12.1. The Morgan fingerprint density at radius 3 is 2.38 bits per heavy atom. The van der Waals surface area contributed by atoms with E-state index in [0.29, 0.717) is 18.8 Å². The summed E-state index contributed by atoms with van der Waals surface area (Å²) in [6.07, 6.45) is 1.86. The zero-order chi connectivity index (χ0) is 23.1. The molecule has 0 radical (unpaired) electrons. The molecular weight excluding hydrogens is 448 g/mol. The molecule has 0 spiro atoms. The molecule has 0 saturated carbocycles. The third-order valence-electron chi connectivity index (χ3n) is 4.94. The van der Waals surface area contributed by atoms with Crippen LogP contribution in [0.5, 0.6) is 0 Å². The highest BCUT2D eigenvalue weighted by atomic mass is 35.5. The molecule has 0 bridgehead atoms. The van der Waals surface area contributed by atoms with Crippen molar-refractivity contribution in [1.29, 1.82) is 0 Å². The van der Waals surface area contributed by atoms with Crippen LogP contribution in [0.4, 0.5) is 11.4 Å². The number of carboxylic acid groups (broad SMARTS) is 1. The first-order valence-electron chi connectivity index (χ1n) is 10.3. The summed E-state index contributed by atoms with van der Waals surface area (Å²) < 4.78 is 27.9. The van der Waals surface area contributed by atoms with Gasteiger partial charge < -0.3 is 10.0 Å². The van der Waals surface area contributed by atoms with Crippen molar-refractivity contribution >= 4 is 39.0 Å². The minimum Gasteiger partial charge on any atom is -0.478 e. The summed E-state index contributed by atoms with van der Waals surface area (Å²) in [6, 6.07) is 20.4. The van der Waals surface area contributed by atoms with Gasteiger partial charge in [0.05, 0.1) is 16.3 Å². The molecule has 3 aromatic carbocycles. The van der Waals surface area contributed by atoms with E-state index in [1.165, 1.54) is 18.2 Å². The van der Waals surface area contributed by atoms with Gasteiger partial charge in [-0.3, -0.25) is 4.72 Å². The van der Waals surface area contributed by atoms with E-state index in [9.17, 15) is 18.3 Å². The molecule has 3 aromatic rings. The summed E-state index contributed by atoms with van der Waals surface area (Å²) in [5.41, 5.74) is 1.77. The molecule has 0 heterocycles. The zero-order valence-electron chi connectivity index (χ0n) is 17.7. The Morgan fingerprint density at radius 1 is 1.03 bits per heavy atom. The topological polar surface area (TPSA) is 86.7 Å². The van der Waals surface area contributed by atoms with Gasteiger partial charge in [0.2, 0.25) is 0 Å². The fourth-order valence-electron chi connectivity index (χ4n) is 3.36. The van der Waals surface area contributed by atoms with Crippen LogP contribution in [0.25, 0.3) is 0 Å². The molecule has 0 aromatic heterocycles. The van der Waals surface area contributed by atoms with Crippen molar-refractivity contribution in [2.24, 2.45) is 0 Å². The molecular formula is C24H25ClN2O4S. The molecule has 0 aliphatic heterocycles. The highest BCUT2D eigenvalue weighted by Gasteiger charge is 2.21. The van der Waals surface area contributed by atoms with Gasteiger partial charge in [-0.05, 0) is 42.3 Å². The molecule has 32 heavy (non-hydrogen) atoms. The summed E-state index contributed by atoms with van der Waals surface area (Å²) in [6.45, 7) is 3.30. The van der Waals surface area contributed by atoms with Crippen LogP contribution in [0.3, 0.4) is 0 Å². The Morgan fingerprint density at radius 2 is 1.72 bits per heavy atom. The quantitative estimate of drug-likeness (QED) is 0.398. The maximum Gasteiger partial charge on any atom is 0.337 e. The molecule has 3 rings (SSSR count). The average molecular weight is 473 g/mol. The van der Waals surface area contributed by atoms with Crippen LogP contribution in [0.15, 0.2) is 77.7 Å². The lowest BCUT2D eigenvalue weighted by Gasteiger charge is -2.27. The monoisotopic (exact) mass is 472 g/mol. The molecule has 8 heteroatoms. The Hall–Kier alpha value is -3.03. The Bertz CT molecular complexity index is 1180. The predicted octanol–water partition coefficient (Wildman–Crippen LogP) is 5.65. The highest BCUT2D eigenvalue weighted by Crippen LogP contribution is 2.29. The Balaban J connectivity index is 1.95. The number of carboxylic acids is 1. The van der Waals surface area contributed by atoms with E-state index in [-0.39, 0.29) is 21.2 Å². The number of anilines is 2. The zero-order valence-corrected chi connectivity index (χ0v) is 19.2. The summed E-state index contributed by atoms with van der Waals surface area (Å²) >= 11 is 6.03. The van der Waals surface area contributed by atoms with E-state index in [4.69, 9.17) is 11.6 Å². The molecule has 0 aliphatic carbocycles. The normalized spacial score (nSPS) is 11.2. The van der Waals surface area contributed by atoms with Gasteiger partial charge in [0.25, 0.3) is 10.0 Å². The largest absolute Gasteiger partial charge is 0.478 e. The first kappa shape index (κ1) is 23.6. The van der Waals surface area contributed by atoms with Crippen LogP contribution >= 0.6 is 11.6 Å². The number of hydrogen-bond donors (Lipinski definition) is 2. The van der Waals surface area contributed by atoms with E-state index in [1.807, 2.05) is 35.2 Å². The van der Waals surface area contributed by atoms with E-state index in [0.717, 1.165) is 18.4 Å². The van der Waals surface area contributed by atoms with Gasteiger partial charge in [0.15, 0.2) is 0 Å². The fourth-order valence-corrected chi connectivity index (χ4v) is 4.93. The number of nitrogens with one attached hydrogen (secondary N) is 1. The van der Waals surface area contributed by atoms with Crippen LogP contribution < -0.4 is 9.62 Å². The van der Waals surface area contributed by atoms with Gasteiger partial charge in [-0.15, -0.1) is 0 Å². The molecule has 0 fully saturated rings. The van der Waals surface area contributed by atoms with Gasteiger partial charge in [0, 0.05) is 18.8 Å². The van der Waals surface area contributed by atoms with Crippen molar-refractivity contribution in [2.45, 2.75) is 31.2 Å². The predicted molar refractivity (Wildman–Crippen MR) is 128 cm³/mol. The molecule has 0 aliphatic rings. The van der Waals surface area contributed by atoms with Crippen molar-refractivity contribution < 1.29 is 18.3 Å².